The molecule has 0 atom stereocenters. The molecule has 1 aliphatic rings. The van der Waals surface area contributed by atoms with E-state index in [4.69, 9.17) is 0 Å². The van der Waals surface area contributed by atoms with Gasteiger partial charge < -0.3 is 4.90 Å². The van der Waals surface area contributed by atoms with E-state index in [2.05, 4.69) is 15.3 Å². The van der Waals surface area contributed by atoms with Gasteiger partial charge in [-0.15, -0.1) is 11.3 Å². The van der Waals surface area contributed by atoms with Crippen molar-refractivity contribution < 1.29 is 4.79 Å². The number of aromatic nitrogens is 2. The molecule has 0 radical (unpaired) electrons. The van der Waals surface area contributed by atoms with Crippen LogP contribution in [0.15, 0.2) is 35.4 Å². The third-order valence-electron chi connectivity index (χ3n) is 4.26. The van der Waals surface area contributed by atoms with Crippen LogP contribution in [0.4, 0.5) is 0 Å². The average molecular weight is 315 g/mol. The summed E-state index contributed by atoms with van der Waals surface area (Å²) < 4.78 is 0. The molecule has 0 unspecified atom stereocenters. The number of amides is 1. The molecule has 0 N–H and O–H groups in total. The van der Waals surface area contributed by atoms with Gasteiger partial charge in [0.2, 0.25) is 5.91 Å². The molecule has 0 aromatic carbocycles. The summed E-state index contributed by atoms with van der Waals surface area (Å²) in [6, 6.07) is 3.97. The second-order valence-electron chi connectivity index (χ2n) is 5.83. The first-order valence-electron chi connectivity index (χ1n) is 7.87. The van der Waals surface area contributed by atoms with Crippen molar-refractivity contribution >= 4 is 17.2 Å². The van der Waals surface area contributed by atoms with Gasteiger partial charge in [-0.25, -0.2) is 4.98 Å². The van der Waals surface area contributed by atoms with Crippen molar-refractivity contribution in [1.82, 2.24) is 14.9 Å². The molecule has 22 heavy (non-hydrogen) atoms. The van der Waals surface area contributed by atoms with Crippen LogP contribution in [0.2, 0.25) is 0 Å². The Kier molecular flexibility index (Phi) is 5.16. The van der Waals surface area contributed by atoms with Crippen LogP contribution in [0.25, 0.3) is 0 Å². The zero-order valence-electron chi connectivity index (χ0n) is 12.6. The molecule has 0 bridgehead atoms. The lowest BCUT2D eigenvalue weighted by atomic mass is 10.1. The molecule has 1 fully saturated rings. The standard InChI is InChI=1S/C17H21N3OS/c21-17(15-3-1-2-4-15)20(10-7-16-12-22-13-19-16)11-14-5-8-18-9-6-14/h5-6,8-9,12-13,15H,1-4,7,10-11H2. The minimum absolute atomic E-state index is 0.220. The van der Waals surface area contributed by atoms with E-state index in [1.165, 1.54) is 12.8 Å². The molecular weight excluding hydrogens is 294 g/mol. The fourth-order valence-electron chi connectivity index (χ4n) is 3.02. The number of hydrogen-bond donors (Lipinski definition) is 0. The monoisotopic (exact) mass is 315 g/mol. The lowest BCUT2D eigenvalue weighted by molar-refractivity contribution is -0.136. The number of nitrogens with zero attached hydrogens (tertiary/aromatic N) is 3. The van der Waals surface area contributed by atoms with Crippen molar-refractivity contribution in [3.8, 4) is 0 Å². The maximum atomic E-state index is 12.8. The highest BCUT2D eigenvalue weighted by atomic mass is 32.1. The Morgan fingerprint density at radius 2 is 2.05 bits per heavy atom. The molecule has 1 amide bonds. The summed E-state index contributed by atoms with van der Waals surface area (Å²) in [7, 11) is 0. The van der Waals surface area contributed by atoms with E-state index < -0.39 is 0 Å². The van der Waals surface area contributed by atoms with Crippen LogP contribution < -0.4 is 0 Å². The van der Waals surface area contributed by atoms with Crippen LogP contribution in [0.1, 0.15) is 36.9 Å². The van der Waals surface area contributed by atoms with Crippen molar-refractivity contribution in [3.05, 3.63) is 46.7 Å². The van der Waals surface area contributed by atoms with Gasteiger partial charge >= 0.3 is 0 Å². The van der Waals surface area contributed by atoms with Crippen LogP contribution in [-0.2, 0) is 17.8 Å². The van der Waals surface area contributed by atoms with Gasteiger partial charge in [-0.3, -0.25) is 9.78 Å². The van der Waals surface area contributed by atoms with Gasteiger partial charge in [0.15, 0.2) is 0 Å². The SMILES string of the molecule is O=C(C1CCCC1)N(CCc1cscn1)Cc1ccncc1. The largest absolute Gasteiger partial charge is 0.338 e. The summed E-state index contributed by atoms with van der Waals surface area (Å²) in [4.78, 5) is 23.2. The Balaban J connectivity index is 1.67. The molecule has 116 valence electrons. The molecule has 2 aromatic rings. The third kappa shape index (κ3) is 3.91. The summed E-state index contributed by atoms with van der Waals surface area (Å²) in [5, 5.41) is 2.06. The smallest absolute Gasteiger partial charge is 0.225 e. The number of thiazole rings is 1. The second-order valence-corrected chi connectivity index (χ2v) is 6.55. The quantitative estimate of drug-likeness (QED) is 0.821. The molecule has 3 rings (SSSR count). The van der Waals surface area contributed by atoms with Crippen LogP contribution >= 0.6 is 11.3 Å². The van der Waals surface area contributed by atoms with Crippen LogP contribution in [0, 0.1) is 5.92 Å². The topological polar surface area (TPSA) is 46.1 Å². The molecule has 2 aromatic heterocycles. The fourth-order valence-corrected chi connectivity index (χ4v) is 3.61. The van der Waals surface area contributed by atoms with E-state index in [1.54, 1.807) is 23.7 Å². The molecule has 1 aliphatic carbocycles. The maximum absolute atomic E-state index is 12.8. The molecule has 4 nitrogen and oxygen atoms in total. The average Bonchev–Trinajstić information content (AvgIpc) is 3.25. The van der Waals surface area contributed by atoms with Crippen LogP contribution in [0.5, 0.6) is 0 Å². The summed E-state index contributed by atoms with van der Waals surface area (Å²) in [5.41, 5.74) is 4.06. The van der Waals surface area contributed by atoms with Crippen molar-refractivity contribution in [3.63, 3.8) is 0 Å². The minimum Gasteiger partial charge on any atom is -0.338 e. The number of carbonyl (C=O) groups excluding carboxylic acids is 1. The van der Waals surface area contributed by atoms with E-state index in [1.807, 2.05) is 22.5 Å². The Morgan fingerprint density at radius 3 is 2.73 bits per heavy atom. The summed E-state index contributed by atoms with van der Waals surface area (Å²) in [6.07, 6.45) is 8.86. The highest BCUT2D eigenvalue weighted by Gasteiger charge is 2.27. The van der Waals surface area contributed by atoms with E-state index in [0.717, 1.165) is 37.1 Å². The van der Waals surface area contributed by atoms with Gasteiger partial charge in [0.1, 0.15) is 0 Å². The Hall–Kier alpha value is -1.75. The zero-order chi connectivity index (χ0) is 15.2. The summed E-state index contributed by atoms with van der Waals surface area (Å²) in [5.74, 6) is 0.529. The predicted octanol–water partition coefficient (Wildman–Crippen LogP) is 3.30. The highest BCUT2D eigenvalue weighted by Crippen LogP contribution is 2.27. The first-order valence-corrected chi connectivity index (χ1v) is 8.82. The van der Waals surface area contributed by atoms with Gasteiger partial charge in [-0.05, 0) is 30.5 Å². The lowest BCUT2D eigenvalue weighted by Gasteiger charge is -2.25. The zero-order valence-corrected chi connectivity index (χ0v) is 13.5. The lowest BCUT2D eigenvalue weighted by Crippen LogP contribution is -2.36. The number of pyridine rings is 1. The van der Waals surface area contributed by atoms with E-state index >= 15 is 0 Å². The minimum atomic E-state index is 0.220. The molecule has 1 saturated carbocycles. The second kappa shape index (κ2) is 7.49. The van der Waals surface area contributed by atoms with Crippen molar-refractivity contribution in [2.24, 2.45) is 5.92 Å². The molecular formula is C17H21N3OS. The predicted molar refractivity (Wildman–Crippen MR) is 87.4 cm³/mol. The molecule has 2 heterocycles. The molecule has 0 spiro atoms. The van der Waals surface area contributed by atoms with Gasteiger partial charge in [-0.1, -0.05) is 12.8 Å². The number of rotatable bonds is 6. The molecule has 0 aliphatic heterocycles. The van der Waals surface area contributed by atoms with Crippen molar-refractivity contribution in [2.75, 3.05) is 6.54 Å². The van der Waals surface area contributed by atoms with Gasteiger partial charge in [0.25, 0.3) is 0 Å². The number of hydrogen-bond acceptors (Lipinski definition) is 4. The summed E-state index contributed by atoms with van der Waals surface area (Å²) in [6.45, 7) is 1.41. The van der Waals surface area contributed by atoms with Gasteiger partial charge in [0.05, 0.1) is 11.2 Å². The Bertz CT molecular complexity index is 579. The summed E-state index contributed by atoms with van der Waals surface area (Å²) >= 11 is 1.61. The van der Waals surface area contributed by atoms with E-state index in [-0.39, 0.29) is 5.92 Å². The Morgan fingerprint density at radius 1 is 1.27 bits per heavy atom. The fraction of sp³-hybridized carbons (Fsp3) is 0.471. The first-order chi connectivity index (χ1) is 10.8. The van der Waals surface area contributed by atoms with Gasteiger partial charge in [0, 0.05) is 43.2 Å². The Labute approximate surface area is 135 Å². The van der Waals surface area contributed by atoms with Crippen molar-refractivity contribution in [1.29, 1.82) is 0 Å². The van der Waals surface area contributed by atoms with E-state index in [9.17, 15) is 4.79 Å². The van der Waals surface area contributed by atoms with Crippen LogP contribution in [0.3, 0.4) is 0 Å². The third-order valence-corrected chi connectivity index (χ3v) is 4.90. The van der Waals surface area contributed by atoms with Crippen molar-refractivity contribution in [2.45, 2.75) is 38.6 Å². The molecule has 5 heteroatoms. The highest BCUT2D eigenvalue weighted by molar-refractivity contribution is 7.07. The number of carbonyl (C=O) groups is 1. The first kappa shape index (κ1) is 15.2. The van der Waals surface area contributed by atoms with E-state index in [0.29, 0.717) is 12.5 Å². The maximum Gasteiger partial charge on any atom is 0.225 e. The molecule has 0 saturated heterocycles. The normalized spacial score (nSPS) is 15.1. The van der Waals surface area contributed by atoms with Gasteiger partial charge in [-0.2, -0.15) is 0 Å². The van der Waals surface area contributed by atoms with Crippen LogP contribution in [-0.4, -0.2) is 27.3 Å².